The number of alkyl halides is 1. The normalized spacial score (nSPS) is 11.7. The smallest absolute Gasteiger partial charge is 0.245 e. The lowest BCUT2D eigenvalue weighted by atomic mass is 10.1. The number of para-hydroxylation sites is 1. The molecule has 1 atom stereocenters. The van der Waals surface area contributed by atoms with Gasteiger partial charge in [-0.2, -0.15) is 5.10 Å². The summed E-state index contributed by atoms with van der Waals surface area (Å²) in [5, 5.41) is 7.34. The quantitative estimate of drug-likeness (QED) is 0.483. The molecule has 0 fully saturated rings. The number of hydrogen-bond donors (Lipinski definition) is 1. The molecule has 1 unspecified atom stereocenters. The van der Waals surface area contributed by atoms with E-state index in [4.69, 9.17) is 23.2 Å². The average molecular weight is 459 g/mol. The molecule has 1 N–H and O–H groups in total. The maximum Gasteiger partial charge on any atom is 0.245 e. The number of rotatable bonds is 8. The lowest BCUT2D eigenvalue weighted by Crippen LogP contribution is -2.41. The van der Waals surface area contributed by atoms with Crippen molar-refractivity contribution in [3.8, 4) is 16.9 Å². The molecule has 8 heteroatoms. The van der Waals surface area contributed by atoms with E-state index in [0.717, 1.165) is 12.0 Å². The molecule has 0 radical (unpaired) electrons. The van der Waals surface area contributed by atoms with Gasteiger partial charge in [0.05, 0.1) is 22.9 Å². The Kier molecular flexibility index (Phi) is 7.71. The van der Waals surface area contributed by atoms with Crippen LogP contribution in [0.2, 0.25) is 5.02 Å². The minimum Gasteiger partial charge on any atom is -0.332 e. The summed E-state index contributed by atoms with van der Waals surface area (Å²) in [5.74, 6) is -0.157. The Morgan fingerprint density at radius 3 is 2.45 bits per heavy atom. The first-order valence-corrected chi connectivity index (χ1v) is 10.8. The topological polar surface area (TPSA) is 67.2 Å². The van der Waals surface area contributed by atoms with Crippen LogP contribution in [0, 0.1) is 0 Å². The molecule has 162 valence electrons. The molecule has 0 saturated carbocycles. The maximum atomic E-state index is 12.8. The van der Waals surface area contributed by atoms with Crippen molar-refractivity contribution >= 4 is 40.8 Å². The van der Waals surface area contributed by atoms with Crippen LogP contribution in [-0.4, -0.2) is 45.0 Å². The molecule has 0 aliphatic heterocycles. The van der Waals surface area contributed by atoms with E-state index < -0.39 is 5.38 Å². The fourth-order valence-electron chi connectivity index (χ4n) is 3.17. The van der Waals surface area contributed by atoms with Crippen LogP contribution in [0.25, 0.3) is 16.9 Å². The average Bonchev–Trinajstić information content (AvgIpc) is 3.17. The zero-order valence-corrected chi connectivity index (χ0v) is 18.9. The molecule has 0 spiro atoms. The largest absolute Gasteiger partial charge is 0.332 e. The Bertz CT molecular complexity index is 1050. The molecule has 0 saturated heterocycles. The van der Waals surface area contributed by atoms with Gasteiger partial charge < -0.3 is 10.2 Å². The van der Waals surface area contributed by atoms with Gasteiger partial charge in [0.1, 0.15) is 11.2 Å². The zero-order chi connectivity index (χ0) is 22.4. The standard InChI is InChI=1S/C23H24Cl2N4O2/c1-3-13-28(23(31)16(2)24)15-22(30)26-21-14-19(17-9-5-4-6-10-17)27-29(21)20-12-8-7-11-18(20)25/h4-12,14,16H,3,13,15H2,1-2H3,(H,26,30). The van der Waals surface area contributed by atoms with Gasteiger partial charge in [-0.15, -0.1) is 11.6 Å². The molecular formula is C23H24Cl2N4O2. The van der Waals surface area contributed by atoms with Crippen LogP contribution in [0.4, 0.5) is 5.82 Å². The second-order valence-electron chi connectivity index (χ2n) is 7.07. The number of amides is 2. The van der Waals surface area contributed by atoms with Gasteiger partial charge in [-0.05, 0) is 25.5 Å². The van der Waals surface area contributed by atoms with E-state index in [1.54, 1.807) is 23.7 Å². The summed E-state index contributed by atoms with van der Waals surface area (Å²) >= 11 is 12.3. The highest BCUT2D eigenvalue weighted by Gasteiger charge is 2.22. The first-order valence-electron chi connectivity index (χ1n) is 10.0. The van der Waals surface area contributed by atoms with E-state index in [0.29, 0.717) is 28.8 Å². The van der Waals surface area contributed by atoms with Crippen molar-refractivity contribution in [3.63, 3.8) is 0 Å². The van der Waals surface area contributed by atoms with Gasteiger partial charge in [-0.3, -0.25) is 9.59 Å². The maximum absolute atomic E-state index is 12.8. The Hall–Kier alpha value is -2.83. The van der Waals surface area contributed by atoms with Gasteiger partial charge in [0.15, 0.2) is 0 Å². The van der Waals surface area contributed by atoms with Gasteiger partial charge in [-0.1, -0.05) is 61.0 Å². The highest BCUT2D eigenvalue weighted by molar-refractivity contribution is 6.32. The third-order valence-corrected chi connectivity index (χ3v) is 5.11. The van der Waals surface area contributed by atoms with Crippen molar-refractivity contribution in [1.29, 1.82) is 0 Å². The van der Waals surface area contributed by atoms with Gasteiger partial charge in [-0.25, -0.2) is 4.68 Å². The highest BCUT2D eigenvalue weighted by Crippen LogP contribution is 2.28. The fraction of sp³-hybridized carbons (Fsp3) is 0.261. The Labute approximate surface area is 191 Å². The third kappa shape index (κ3) is 5.66. The van der Waals surface area contributed by atoms with Gasteiger partial charge >= 0.3 is 0 Å². The molecule has 3 aromatic rings. The van der Waals surface area contributed by atoms with Crippen molar-refractivity contribution in [2.24, 2.45) is 0 Å². The van der Waals surface area contributed by atoms with Crippen molar-refractivity contribution in [2.45, 2.75) is 25.6 Å². The van der Waals surface area contributed by atoms with Gasteiger partial charge in [0.25, 0.3) is 0 Å². The minimum atomic E-state index is -0.697. The van der Waals surface area contributed by atoms with Crippen molar-refractivity contribution in [2.75, 3.05) is 18.4 Å². The Morgan fingerprint density at radius 2 is 1.81 bits per heavy atom. The molecule has 6 nitrogen and oxygen atoms in total. The summed E-state index contributed by atoms with van der Waals surface area (Å²) in [6.45, 7) is 3.89. The molecule has 0 aliphatic rings. The summed E-state index contributed by atoms with van der Waals surface area (Å²) < 4.78 is 1.60. The number of benzene rings is 2. The lowest BCUT2D eigenvalue weighted by Gasteiger charge is -2.22. The van der Waals surface area contributed by atoms with Crippen LogP contribution in [0.1, 0.15) is 20.3 Å². The van der Waals surface area contributed by atoms with E-state index >= 15 is 0 Å². The van der Waals surface area contributed by atoms with Crippen molar-refractivity contribution in [1.82, 2.24) is 14.7 Å². The Morgan fingerprint density at radius 1 is 1.13 bits per heavy atom. The lowest BCUT2D eigenvalue weighted by molar-refractivity contribution is -0.134. The number of halogens is 2. The summed E-state index contributed by atoms with van der Waals surface area (Å²) in [5.41, 5.74) is 2.23. The molecule has 1 heterocycles. The van der Waals surface area contributed by atoms with E-state index in [2.05, 4.69) is 10.4 Å². The molecule has 3 rings (SSSR count). The molecule has 0 bridgehead atoms. The summed E-state index contributed by atoms with van der Waals surface area (Å²) in [6.07, 6.45) is 0.721. The van der Waals surface area contributed by atoms with Gasteiger partial charge in [0.2, 0.25) is 11.8 Å². The van der Waals surface area contributed by atoms with Crippen LogP contribution in [0.3, 0.4) is 0 Å². The van der Waals surface area contributed by atoms with E-state index in [9.17, 15) is 9.59 Å². The zero-order valence-electron chi connectivity index (χ0n) is 17.4. The van der Waals surface area contributed by atoms with Crippen LogP contribution in [-0.2, 0) is 9.59 Å². The number of nitrogens with one attached hydrogen (secondary N) is 1. The predicted molar refractivity (Wildman–Crippen MR) is 125 cm³/mol. The molecular weight excluding hydrogens is 435 g/mol. The number of hydrogen-bond acceptors (Lipinski definition) is 3. The summed E-state index contributed by atoms with van der Waals surface area (Å²) in [6, 6.07) is 18.7. The molecule has 2 amide bonds. The van der Waals surface area contributed by atoms with Crippen LogP contribution < -0.4 is 5.32 Å². The second-order valence-corrected chi connectivity index (χ2v) is 8.13. The first-order chi connectivity index (χ1) is 14.9. The monoisotopic (exact) mass is 458 g/mol. The SMILES string of the molecule is CCCN(CC(=O)Nc1cc(-c2ccccc2)nn1-c1ccccc1Cl)C(=O)C(C)Cl. The van der Waals surface area contributed by atoms with Crippen LogP contribution in [0.15, 0.2) is 60.7 Å². The summed E-state index contributed by atoms with van der Waals surface area (Å²) in [7, 11) is 0. The number of aromatic nitrogens is 2. The molecule has 1 aromatic heterocycles. The fourth-order valence-corrected chi connectivity index (χ4v) is 3.53. The second kappa shape index (κ2) is 10.5. The molecule has 31 heavy (non-hydrogen) atoms. The molecule has 2 aromatic carbocycles. The van der Waals surface area contributed by atoms with Crippen LogP contribution >= 0.6 is 23.2 Å². The third-order valence-electron chi connectivity index (χ3n) is 4.61. The number of carbonyl (C=O) groups is 2. The first kappa shape index (κ1) is 22.8. The van der Waals surface area contributed by atoms with Crippen LogP contribution in [0.5, 0.6) is 0 Å². The highest BCUT2D eigenvalue weighted by atomic mass is 35.5. The van der Waals surface area contributed by atoms with Crippen molar-refractivity contribution < 1.29 is 9.59 Å². The molecule has 0 aliphatic carbocycles. The number of anilines is 1. The Balaban J connectivity index is 1.92. The minimum absolute atomic E-state index is 0.0991. The van der Waals surface area contributed by atoms with Crippen molar-refractivity contribution in [3.05, 3.63) is 65.7 Å². The van der Waals surface area contributed by atoms with E-state index in [1.807, 2.05) is 55.5 Å². The predicted octanol–water partition coefficient (Wildman–Crippen LogP) is 5.00. The number of nitrogens with zero attached hydrogens (tertiary/aromatic N) is 3. The summed E-state index contributed by atoms with van der Waals surface area (Å²) in [4.78, 5) is 26.6. The number of carbonyl (C=O) groups excluding carboxylic acids is 2. The van der Waals surface area contributed by atoms with E-state index in [1.165, 1.54) is 4.90 Å². The van der Waals surface area contributed by atoms with E-state index in [-0.39, 0.29) is 18.4 Å². The van der Waals surface area contributed by atoms with Gasteiger partial charge in [0, 0.05) is 18.2 Å².